The van der Waals surface area contributed by atoms with Gasteiger partial charge in [0.2, 0.25) is 0 Å². The first kappa shape index (κ1) is 15.3. The van der Waals surface area contributed by atoms with E-state index in [2.05, 4.69) is 52.0 Å². The fourth-order valence-corrected chi connectivity index (χ4v) is 3.61. The molecule has 106 valence electrons. The average Bonchev–Trinajstić information content (AvgIpc) is 2.55. The van der Waals surface area contributed by atoms with E-state index in [1.165, 1.54) is 42.3 Å². The minimum Gasteiger partial charge on any atom is -0.296 e. The molecule has 1 nitrogen and oxygen atoms in total. The number of halogens is 2. The largest absolute Gasteiger partial charge is 0.296 e. The van der Waals surface area contributed by atoms with Crippen LogP contribution in [0, 0.1) is 0 Å². The maximum atomic E-state index is 6.22. The van der Waals surface area contributed by atoms with Gasteiger partial charge >= 0.3 is 0 Å². The quantitative estimate of drug-likeness (QED) is 0.678. The van der Waals surface area contributed by atoms with Gasteiger partial charge in [0, 0.05) is 22.4 Å². The number of alkyl halides is 1. The molecular formula is C16H23BrClN. The zero-order chi connectivity index (χ0) is 13.7. The summed E-state index contributed by atoms with van der Waals surface area (Å²) in [4.78, 5) is 2.63. The third-order valence-electron chi connectivity index (χ3n) is 3.87. The van der Waals surface area contributed by atoms with Gasteiger partial charge in [-0.2, -0.15) is 0 Å². The molecule has 1 heterocycles. The lowest BCUT2D eigenvalue weighted by atomic mass is 10.0. The van der Waals surface area contributed by atoms with Gasteiger partial charge in [-0.25, -0.2) is 0 Å². The first-order chi connectivity index (χ1) is 9.15. The SMILES string of the molecule is CC(Cl)CC1CCCCCN1Cc1cccc(Br)c1. The summed E-state index contributed by atoms with van der Waals surface area (Å²) in [7, 11) is 0. The van der Waals surface area contributed by atoms with Crippen LogP contribution in [0.2, 0.25) is 0 Å². The molecule has 1 fully saturated rings. The predicted octanol–water partition coefficient (Wildman–Crippen LogP) is 5.21. The van der Waals surface area contributed by atoms with Crippen molar-refractivity contribution in [3.05, 3.63) is 34.3 Å². The maximum Gasteiger partial charge on any atom is 0.0322 e. The number of nitrogens with zero attached hydrogens (tertiary/aromatic N) is 1. The van der Waals surface area contributed by atoms with E-state index in [1.807, 2.05) is 0 Å². The Balaban J connectivity index is 2.05. The Morgan fingerprint density at radius 2 is 2.21 bits per heavy atom. The molecule has 1 aliphatic heterocycles. The fraction of sp³-hybridized carbons (Fsp3) is 0.625. The molecule has 0 N–H and O–H groups in total. The van der Waals surface area contributed by atoms with Crippen LogP contribution in [-0.4, -0.2) is 22.9 Å². The van der Waals surface area contributed by atoms with Crippen LogP contribution in [0.25, 0.3) is 0 Å². The molecular weight excluding hydrogens is 322 g/mol. The fourth-order valence-electron chi connectivity index (χ4n) is 2.96. The lowest BCUT2D eigenvalue weighted by molar-refractivity contribution is 0.181. The first-order valence-electron chi connectivity index (χ1n) is 7.27. The molecule has 0 amide bonds. The highest BCUT2D eigenvalue weighted by Gasteiger charge is 2.22. The van der Waals surface area contributed by atoms with Crippen LogP contribution in [0.15, 0.2) is 28.7 Å². The minimum absolute atomic E-state index is 0.271. The number of likely N-dealkylation sites (tertiary alicyclic amines) is 1. The summed E-state index contributed by atoms with van der Waals surface area (Å²) >= 11 is 9.78. The van der Waals surface area contributed by atoms with Crippen molar-refractivity contribution < 1.29 is 0 Å². The molecule has 3 heteroatoms. The molecule has 1 saturated heterocycles. The Bertz CT molecular complexity index is 394. The summed E-state index contributed by atoms with van der Waals surface area (Å²) in [5.74, 6) is 0. The molecule has 0 radical (unpaired) electrons. The zero-order valence-electron chi connectivity index (χ0n) is 11.6. The number of hydrogen-bond acceptors (Lipinski definition) is 1. The Kier molecular flexibility index (Phi) is 6.18. The smallest absolute Gasteiger partial charge is 0.0322 e. The molecule has 2 rings (SSSR count). The van der Waals surface area contributed by atoms with E-state index in [0.29, 0.717) is 6.04 Å². The van der Waals surface area contributed by atoms with Crippen molar-refractivity contribution >= 4 is 27.5 Å². The lowest BCUT2D eigenvalue weighted by Gasteiger charge is -2.31. The molecule has 0 bridgehead atoms. The summed E-state index contributed by atoms with van der Waals surface area (Å²) in [5.41, 5.74) is 1.39. The van der Waals surface area contributed by atoms with Gasteiger partial charge in [-0.05, 0) is 50.4 Å². The van der Waals surface area contributed by atoms with Crippen molar-refractivity contribution in [3.63, 3.8) is 0 Å². The summed E-state index contributed by atoms with van der Waals surface area (Å²) in [6, 6.07) is 9.30. The number of benzene rings is 1. The summed E-state index contributed by atoms with van der Waals surface area (Å²) in [5, 5.41) is 0.271. The van der Waals surface area contributed by atoms with Crippen LogP contribution in [0.3, 0.4) is 0 Å². The van der Waals surface area contributed by atoms with Gasteiger partial charge in [0.05, 0.1) is 0 Å². The van der Waals surface area contributed by atoms with Gasteiger partial charge in [-0.15, -0.1) is 11.6 Å². The Morgan fingerprint density at radius 3 is 2.95 bits per heavy atom. The summed E-state index contributed by atoms with van der Waals surface area (Å²) in [6.45, 7) is 4.37. The molecule has 0 aromatic heterocycles. The first-order valence-corrected chi connectivity index (χ1v) is 8.50. The van der Waals surface area contributed by atoms with Crippen LogP contribution in [0.5, 0.6) is 0 Å². The van der Waals surface area contributed by atoms with Crippen molar-refractivity contribution in [3.8, 4) is 0 Å². The topological polar surface area (TPSA) is 3.24 Å². The van der Waals surface area contributed by atoms with E-state index in [1.54, 1.807) is 0 Å². The zero-order valence-corrected chi connectivity index (χ0v) is 14.0. The second-order valence-corrected chi connectivity index (χ2v) is 7.28. The van der Waals surface area contributed by atoms with Crippen molar-refractivity contribution in [2.45, 2.75) is 57.0 Å². The monoisotopic (exact) mass is 343 g/mol. The second-order valence-electron chi connectivity index (χ2n) is 5.62. The van der Waals surface area contributed by atoms with Gasteiger partial charge in [0.25, 0.3) is 0 Å². The van der Waals surface area contributed by atoms with E-state index in [-0.39, 0.29) is 5.38 Å². The summed E-state index contributed by atoms with van der Waals surface area (Å²) in [6.07, 6.45) is 6.44. The van der Waals surface area contributed by atoms with E-state index in [9.17, 15) is 0 Å². The van der Waals surface area contributed by atoms with Gasteiger partial charge in [0.1, 0.15) is 0 Å². The van der Waals surface area contributed by atoms with Crippen molar-refractivity contribution in [2.24, 2.45) is 0 Å². The molecule has 2 unspecified atom stereocenters. The van der Waals surface area contributed by atoms with E-state index in [0.717, 1.165) is 13.0 Å². The van der Waals surface area contributed by atoms with Crippen LogP contribution >= 0.6 is 27.5 Å². The Morgan fingerprint density at radius 1 is 1.37 bits per heavy atom. The molecule has 1 aromatic carbocycles. The van der Waals surface area contributed by atoms with Gasteiger partial charge in [0.15, 0.2) is 0 Å². The second kappa shape index (κ2) is 7.66. The number of rotatable bonds is 4. The van der Waals surface area contributed by atoms with E-state index < -0.39 is 0 Å². The molecule has 0 spiro atoms. The van der Waals surface area contributed by atoms with Crippen molar-refractivity contribution in [1.29, 1.82) is 0 Å². The molecule has 2 atom stereocenters. The maximum absolute atomic E-state index is 6.22. The third kappa shape index (κ3) is 5.09. The average molecular weight is 345 g/mol. The normalized spacial score (nSPS) is 23.0. The van der Waals surface area contributed by atoms with Gasteiger partial charge < -0.3 is 0 Å². The van der Waals surface area contributed by atoms with Crippen molar-refractivity contribution in [1.82, 2.24) is 4.90 Å². The predicted molar refractivity (Wildman–Crippen MR) is 86.7 cm³/mol. The summed E-state index contributed by atoms with van der Waals surface area (Å²) < 4.78 is 1.17. The van der Waals surface area contributed by atoms with Gasteiger partial charge in [-0.3, -0.25) is 4.90 Å². The van der Waals surface area contributed by atoms with Crippen LogP contribution < -0.4 is 0 Å². The molecule has 0 saturated carbocycles. The number of hydrogen-bond donors (Lipinski definition) is 0. The molecule has 0 aliphatic carbocycles. The third-order valence-corrected chi connectivity index (χ3v) is 4.54. The highest BCUT2D eigenvalue weighted by atomic mass is 79.9. The highest BCUT2D eigenvalue weighted by Crippen LogP contribution is 2.24. The molecule has 19 heavy (non-hydrogen) atoms. The molecule has 1 aliphatic rings. The Labute approximate surface area is 130 Å². The lowest BCUT2D eigenvalue weighted by Crippen LogP contribution is -2.35. The van der Waals surface area contributed by atoms with E-state index >= 15 is 0 Å². The standard InChI is InChI=1S/C16H23BrClN/c1-13(18)10-16-8-3-2-4-9-19(16)12-14-6-5-7-15(17)11-14/h5-7,11,13,16H,2-4,8-10,12H2,1H3. The minimum atomic E-state index is 0.271. The van der Waals surface area contributed by atoms with Crippen molar-refractivity contribution in [2.75, 3.05) is 6.54 Å². The van der Waals surface area contributed by atoms with Crippen LogP contribution in [-0.2, 0) is 6.54 Å². The van der Waals surface area contributed by atoms with E-state index in [4.69, 9.17) is 11.6 Å². The molecule has 1 aromatic rings. The van der Waals surface area contributed by atoms with Crippen LogP contribution in [0.4, 0.5) is 0 Å². The highest BCUT2D eigenvalue weighted by molar-refractivity contribution is 9.10. The Hall–Kier alpha value is -0.0500. The van der Waals surface area contributed by atoms with Gasteiger partial charge in [-0.1, -0.05) is 40.9 Å². The van der Waals surface area contributed by atoms with Crippen LogP contribution in [0.1, 0.15) is 44.6 Å².